The lowest BCUT2D eigenvalue weighted by Gasteiger charge is -2.34. The van der Waals surface area contributed by atoms with Crippen LogP contribution in [0.2, 0.25) is 0 Å². The fourth-order valence-electron chi connectivity index (χ4n) is 3.12. The first-order chi connectivity index (χ1) is 12.3. The first-order valence-electron chi connectivity index (χ1n) is 8.66. The first-order valence-corrected chi connectivity index (χ1v) is 9.47. The molecule has 0 atom stereocenters. The molecule has 0 unspecified atom stereocenters. The minimum atomic E-state index is -0.532. The van der Waals surface area contributed by atoms with Crippen molar-refractivity contribution in [2.45, 2.75) is 24.5 Å². The summed E-state index contributed by atoms with van der Waals surface area (Å²) in [6, 6.07) is 31.0. The summed E-state index contributed by atoms with van der Waals surface area (Å²) in [6.45, 7) is 2.05. The van der Waals surface area contributed by atoms with Crippen LogP contribution in [0.25, 0.3) is 0 Å². The zero-order valence-electron chi connectivity index (χ0n) is 14.4. The Bertz CT molecular complexity index is 701. The lowest BCUT2D eigenvalue weighted by Crippen LogP contribution is -2.27. The van der Waals surface area contributed by atoms with Crippen LogP contribution in [0.3, 0.4) is 0 Å². The summed E-state index contributed by atoms with van der Waals surface area (Å²) in [6.07, 6.45) is 1.44. The summed E-state index contributed by atoms with van der Waals surface area (Å²) in [7, 11) is 0. The Morgan fingerprint density at radius 3 is 1.40 bits per heavy atom. The van der Waals surface area contributed by atoms with Gasteiger partial charge in [0.25, 0.3) is 0 Å². The number of hydrogen-bond donors (Lipinski definition) is 0. The van der Waals surface area contributed by atoms with E-state index in [1.807, 2.05) is 61.5 Å². The summed E-state index contributed by atoms with van der Waals surface area (Å²) in [5, 5.41) is 0.221. The molecule has 0 amide bonds. The van der Waals surface area contributed by atoms with Crippen LogP contribution < -0.4 is 0 Å². The number of rotatable bonds is 6. The smallest absolute Gasteiger partial charge is 0.190 e. The highest BCUT2D eigenvalue weighted by molar-refractivity contribution is 8.14. The maximum Gasteiger partial charge on any atom is 0.190 e. The second-order valence-corrected chi connectivity index (χ2v) is 7.28. The molecule has 0 aliphatic carbocycles. The van der Waals surface area contributed by atoms with Crippen molar-refractivity contribution in [3.63, 3.8) is 0 Å². The predicted molar refractivity (Wildman–Crippen MR) is 107 cm³/mol. The molecule has 25 heavy (non-hydrogen) atoms. The summed E-state index contributed by atoms with van der Waals surface area (Å²) in [5.41, 5.74) is 3.38. The second-order valence-electron chi connectivity index (χ2n) is 6.00. The maximum atomic E-state index is 12.7. The first kappa shape index (κ1) is 17.5. The molecule has 0 saturated heterocycles. The van der Waals surface area contributed by atoms with Gasteiger partial charge < -0.3 is 0 Å². The molecule has 3 aromatic rings. The van der Waals surface area contributed by atoms with Gasteiger partial charge >= 0.3 is 0 Å². The van der Waals surface area contributed by atoms with Crippen molar-refractivity contribution in [3.8, 4) is 0 Å². The highest BCUT2D eigenvalue weighted by Gasteiger charge is 2.39. The Balaban J connectivity index is 2.26. The van der Waals surface area contributed by atoms with Crippen molar-refractivity contribution in [2.24, 2.45) is 0 Å². The minimum absolute atomic E-state index is 0.221. The van der Waals surface area contributed by atoms with Crippen molar-refractivity contribution in [1.82, 2.24) is 0 Å². The lowest BCUT2D eigenvalue weighted by molar-refractivity contribution is -0.111. The van der Waals surface area contributed by atoms with Gasteiger partial charge in [-0.25, -0.2) is 0 Å². The normalized spacial score (nSPS) is 11.2. The molecule has 126 valence electrons. The fourth-order valence-corrected chi connectivity index (χ4v) is 4.53. The van der Waals surface area contributed by atoms with Crippen molar-refractivity contribution in [2.75, 3.05) is 0 Å². The van der Waals surface area contributed by atoms with Gasteiger partial charge in [0.15, 0.2) is 5.12 Å². The van der Waals surface area contributed by atoms with Crippen molar-refractivity contribution >= 4 is 16.9 Å². The third-order valence-corrected chi connectivity index (χ3v) is 5.71. The van der Waals surface area contributed by atoms with Gasteiger partial charge in [-0.05, 0) is 23.1 Å². The van der Waals surface area contributed by atoms with Gasteiger partial charge in [-0.3, -0.25) is 4.79 Å². The standard InChI is InChI=1S/C23H22OS/c1-2-12-22(24)25-23(19-13-6-3-7-14-19,20-15-8-4-9-16-20)21-17-10-5-11-18-21/h3-11,13-18H,2,12H2,1H3. The van der Waals surface area contributed by atoms with Gasteiger partial charge in [0.05, 0.1) is 4.75 Å². The van der Waals surface area contributed by atoms with E-state index in [-0.39, 0.29) is 5.12 Å². The molecule has 2 heteroatoms. The van der Waals surface area contributed by atoms with Crippen LogP contribution >= 0.6 is 11.8 Å². The molecule has 0 fully saturated rings. The van der Waals surface area contributed by atoms with Gasteiger partial charge in [0, 0.05) is 6.42 Å². The van der Waals surface area contributed by atoms with Gasteiger partial charge in [0.2, 0.25) is 0 Å². The van der Waals surface area contributed by atoms with E-state index in [1.165, 1.54) is 11.8 Å². The molecule has 3 rings (SSSR count). The van der Waals surface area contributed by atoms with E-state index in [1.54, 1.807) is 0 Å². The number of thioether (sulfide) groups is 1. The summed E-state index contributed by atoms with van der Waals surface area (Å²) in [4.78, 5) is 12.7. The average Bonchev–Trinajstić information content (AvgIpc) is 2.68. The van der Waals surface area contributed by atoms with E-state index in [4.69, 9.17) is 0 Å². The van der Waals surface area contributed by atoms with Crippen LogP contribution in [-0.4, -0.2) is 5.12 Å². The molecule has 1 nitrogen and oxygen atoms in total. The van der Waals surface area contributed by atoms with Gasteiger partial charge in [-0.2, -0.15) is 0 Å². The molecular formula is C23H22OS. The maximum absolute atomic E-state index is 12.7. The monoisotopic (exact) mass is 346 g/mol. The molecule has 0 aliphatic rings. The Hall–Kier alpha value is -2.32. The van der Waals surface area contributed by atoms with Crippen LogP contribution in [0.15, 0.2) is 91.0 Å². The van der Waals surface area contributed by atoms with Gasteiger partial charge in [-0.15, -0.1) is 0 Å². The molecule has 0 N–H and O–H groups in total. The zero-order chi connectivity index (χ0) is 17.5. The quantitative estimate of drug-likeness (QED) is 0.506. The molecule has 0 aliphatic heterocycles. The predicted octanol–water partition coefficient (Wildman–Crippen LogP) is 6.04. The van der Waals surface area contributed by atoms with Crippen LogP contribution in [0.1, 0.15) is 36.5 Å². The zero-order valence-corrected chi connectivity index (χ0v) is 15.2. The molecule has 0 aromatic heterocycles. The largest absolute Gasteiger partial charge is 0.287 e. The van der Waals surface area contributed by atoms with Gasteiger partial charge in [0.1, 0.15) is 0 Å². The molecule has 3 aromatic carbocycles. The minimum Gasteiger partial charge on any atom is -0.287 e. The van der Waals surface area contributed by atoms with E-state index in [0.717, 1.165) is 23.1 Å². The molecule has 0 saturated carbocycles. The Kier molecular flexibility index (Phi) is 5.72. The molecule has 0 spiro atoms. The second kappa shape index (κ2) is 8.17. The van der Waals surface area contributed by atoms with Crippen molar-refractivity contribution in [3.05, 3.63) is 108 Å². The van der Waals surface area contributed by atoms with E-state index >= 15 is 0 Å². The Morgan fingerprint density at radius 1 is 0.720 bits per heavy atom. The molecular weight excluding hydrogens is 324 g/mol. The van der Waals surface area contributed by atoms with E-state index in [2.05, 4.69) is 36.4 Å². The topological polar surface area (TPSA) is 17.1 Å². The number of benzene rings is 3. The summed E-state index contributed by atoms with van der Waals surface area (Å²) < 4.78 is -0.532. The van der Waals surface area contributed by atoms with E-state index < -0.39 is 4.75 Å². The molecule has 0 radical (unpaired) electrons. The third kappa shape index (κ3) is 3.69. The Labute approximate surface area is 154 Å². The third-order valence-electron chi connectivity index (χ3n) is 4.26. The average molecular weight is 346 g/mol. The number of carbonyl (C=O) groups is 1. The number of hydrogen-bond acceptors (Lipinski definition) is 2. The highest BCUT2D eigenvalue weighted by Crippen LogP contribution is 2.49. The summed E-state index contributed by atoms with van der Waals surface area (Å²) in [5.74, 6) is 0. The van der Waals surface area contributed by atoms with Crippen LogP contribution in [-0.2, 0) is 9.54 Å². The van der Waals surface area contributed by atoms with E-state index in [9.17, 15) is 4.79 Å². The highest BCUT2D eigenvalue weighted by atomic mass is 32.2. The van der Waals surface area contributed by atoms with Crippen LogP contribution in [0, 0.1) is 0 Å². The Morgan fingerprint density at radius 2 is 1.08 bits per heavy atom. The molecule has 0 bridgehead atoms. The van der Waals surface area contributed by atoms with Crippen LogP contribution in [0.4, 0.5) is 0 Å². The summed E-state index contributed by atoms with van der Waals surface area (Å²) >= 11 is 1.44. The lowest BCUT2D eigenvalue weighted by atomic mass is 9.84. The van der Waals surface area contributed by atoms with Crippen LogP contribution in [0.5, 0.6) is 0 Å². The van der Waals surface area contributed by atoms with Crippen molar-refractivity contribution in [1.29, 1.82) is 0 Å². The van der Waals surface area contributed by atoms with Crippen molar-refractivity contribution < 1.29 is 4.79 Å². The van der Waals surface area contributed by atoms with Gasteiger partial charge in [-0.1, -0.05) is 110 Å². The SMILES string of the molecule is CCCC(=O)SC(c1ccccc1)(c1ccccc1)c1ccccc1. The number of carbonyl (C=O) groups excluding carboxylic acids is 1. The molecule has 0 heterocycles. The fraction of sp³-hybridized carbons (Fsp3) is 0.174. The van der Waals surface area contributed by atoms with E-state index in [0.29, 0.717) is 6.42 Å².